The van der Waals surface area contributed by atoms with Crippen molar-refractivity contribution in [1.82, 2.24) is 0 Å². The second-order valence-electron chi connectivity index (χ2n) is 10.5. The zero-order valence-electron chi connectivity index (χ0n) is 22.7. The Morgan fingerprint density at radius 3 is 1.88 bits per heavy atom. The highest BCUT2D eigenvalue weighted by atomic mass is 16.5. The normalized spacial score (nSPS) is 19.9. The van der Waals surface area contributed by atoms with Crippen molar-refractivity contribution >= 4 is 11.0 Å². The van der Waals surface area contributed by atoms with Gasteiger partial charge in [0.05, 0.1) is 10.9 Å². The second-order valence-corrected chi connectivity index (χ2v) is 10.5. The van der Waals surface area contributed by atoms with Crippen LogP contribution in [0.15, 0.2) is 109 Å². The van der Waals surface area contributed by atoms with Crippen molar-refractivity contribution in [2.24, 2.45) is 0 Å². The molecule has 0 radical (unpaired) electrons. The predicted octanol–water partition coefficient (Wildman–Crippen LogP) is 4.21. The van der Waals surface area contributed by atoms with E-state index in [1.807, 2.05) is 60.7 Å². The Morgan fingerprint density at radius 2 is 1.24 bits per heavy atom. The molecule has 0 fully saturated rings. The van der Waals surface area contributed by atoms with Crippen LogP contribution in [0.4, 0.5) is 0 Å². The first-order chi connectivity index (χ1) is 20.4. The van der Waals surface area contributed by atoms with Crippen LogP contribution in [-0.4, -0.2) is 27.5 Å². The Kier molecular flexibility index (Phi) is 7.75. The number of rotatable bonds is 8. The molecule has 0 bridgehead atoms. The molecule has 0 aliphatic heterocycles. The Morgan fingerprint density at radius 1 is 0.643 bits per heavy atom. The molecule has 214 valence electrons. The Bertz CT molecular complexity index is 1810. The van der Waals surface area contributed by atoms with E-state index in [2.05, 4.69) is 0 Å². The highest BCUT2D eigenvalue weighted by molar-refractivity contribution is 5.78. The molecule has 8 nitrogen and oxygen atoms in total. The first kappa shape index (κ1) is 27.7. The van der Waals surface area contributed by atoms with Gasteiger partial charge < -0.3 is 28.9 Å². The van der Waals surface area contributed by atoms with Crippen molar-refractivity contribution in [3.8, 4) is 5.75 Å². The third kappa shape index (κ3) is 5.65. The van der Waals surface area contributed by atoms with Gasteiger partial charge in [-0.05, 0) is 42.2 Å². The number of hydrogen-bond donors (Lipinski definition) is 3. The zero-order chi connectivity index (χ0) is 29.2. The molecule has 0 saturated heterocycles. The summed E-state index contributed by atoms with van der Waals surface area (Å²) in [6.45, 7) is 0. The van der Waals surface area contributed by atoms with Crippen LogP contribution in [-0.2, 0) is 25.7 Å². The minimum absolute atomic E-state index is 0.0562. The largest absolute Gasteiger partial charge is 0.480 e. The topological polar surface area (TPSA) is 130 Å². The minimum Gasteiger partial charge on any atom is -0.480 e. The van der Waals surface area contributed by atoms with Crippen molar-refractivity contribution in [3.63, 3.8) is 0 Å². The Labute approximate surface area is 241 Å². The van der Waals surface area contributed by atoms with E-state index in [1.54, 1.807) is 12.1 Å². The lowest BCUT2D eigenvalue weighted by molar-refractivity contribution is -0.121. The van der Waals surface area contributed by atoms with Gasteiger partial charge in [-0.3, -0.25) is 9.59 Å². The maximum atomic E-state index is 13.0. The highest BCUT2D eigenvalue weighted by Gasteiger charge is 2.45. The number of aliphatic hydroxyl groups is 3. The van der Waals surface area contributed by atoms with Gasteiger partial charge in [0.1, 0.15) is 41.2 Å². The van der Waals surface area contributed by atoms with Gasteiger partial charge >= 0.3 is 0 Å². The predicted molar refractivity (Wildman–Crippen MR) is 156 cm³/mol. The van der Waals surface area contributed by atoms with E-state index in [1.165, 1.54) is 18.2 Å². The van der Waals surface area contributed by atoms with E-state index >= 15 is 0 Å². The number of benzene rings is 3. The summed E-state index contributed by atoms with van der Waals surface area (Å²) in [6, 6.07) is 27.0. The van der Waals surface area contributed by atoms with E-state index < -0.39 is 29.8 Å². The van der Waals surface area contributed by atoms with Crippen LogP contribution in [0, 0.1) is 0 Å². The average Bonchev–Trinajstić information content (AvgIpc) is 3.01. The van der Waals surface area contributed by atoms with Crippen LogP contribution in [0.2, 0.25) is 0 Å². The Hall–Kier alpha value is -4.50. The molecule has 0 spiro atoms. The fourth-order valence-corrected chi connectivity index (χ4v) is 5.36. The number of hydrogen-bond acceptors (Lipinski definition) is 8. The van der Waals surface area contributed by atoms with Gasteiger partial charge in [0, 0.05) is 25.0 Å². The smallest absolute Gasteiger partial charge is 0.193 e. The van der Waals surface area contributed by atoms with Crippen molar-refractivity contribution in [3.05, 3.63) is 145 Å². The number of ether oxygens (including phenoxy) is 1. The zero-order valence-corrected chi connectivity index (χ0v) is 22.7. The lowest BCUT2D eigenvalue weighted by atomic mass is 9.87. The summed E-state index contributed by atoms with van der Waals surface area (Å²) in [6.07, 6.45) is -3.95. The van der Waals surface area contributed by atoms with Crippen molar-refractivity contribution < 1.29 is 28.9 Å². The van der Waals surface area contributed by atoms with E-state index in [-0.39, 0.29) is 27.9 Å². The molecule has 3 aromatic carbocycles. The summed E-state index contributed by atoms with van der Waals surface area (Å²) in [5.41, 5.74) is 1.64. The van der Waals surface area contributed by atoms with E-state index in [0.29, 0.717) is 36.4 Å². The van der Waals surface area contributed by atoms with Crippen molar-refractivity contribution in [2.75, 3.05) is 0 Å². The fourth-order valence-electron chi connectivity index (χ4n) is 5.36. The molecule has 0 unspecified atom stereocenters. The molecule has 0 amide bonds. The maximum absolute atomic E-state index is 13.0. The average molecular weight is 567 g/mol. The molecule has 6 rings (SSSR count). The van der Waals surface area contributed by atoms with E-state index in [0.717, 1.165) is 17.5 Å². The van der Waals surface area contributed by atoms with Crippen LogP contribution in [0.3, 0.4) is 0 Å². The standard InChI is InChI=1S/C34H30O8/c35-26-18-23(13-11-20-7-3-1-4-8-20)40-28-16-15-22(17-25(26)28)42-34-32(39)31(38)30(37)29-27(36)19-24(41-33(29)34)14-12-21-9-5-2-6-10-21/h1-10,15-19,30-32,34,37-39H,11-14H2/t30-,31+,32-,34+/m0/s1. The SMILES string of the molecule is O=c1cc(CCc2ccccc2)oc2c1[C@H](O)[C@@H](O)[C@H](O)[C@H]2Oc1ccc2oc(CCc3ccccc3)cc(=O)c2c1. The molecule has 8 heteroatoms. The first-order valence-corrected chi connectivity index (χ1v) is 13.9. The summed E-state index contributed by atoms with van der Waals surface area (Å²) in [5.74, 6) is 1.06. The van der Waals surface area contributed by atoms with Crippen LogP contribution < -0.4 is 15.6 Å². The molecule has 2 aromatic heterocycles. The summed E-state index contributed by atoms with van der Waals surface area (Å²) in [5, 5.41) is 32.3. The summed E-state index contributed by atoms with van der Waals surface area (Å²) in [4.78, 5) is 26.0. The summed E-state index contributed by atoms with van der Waals surface area (Å²) >= 11 is 0. The van der Waals surface area contributed by atoms with Crippen LogP contribution in [0.1, 0.15) is 46.2 Å². The molecule has 3 N–H and O–H groups in total. The lowest BCUT2D eigenvalue weighted by Gasteiger charge is -2.35. The van der Waals surface area contributed by atoms with E-state index in [9.17, 15) is 24.9 Å². The van der Waals surface area contributed by atoms with Crippen LogP contribution in [0.5, 0.6) is 5.75 Å². The monoisotopic (exact) mass is 566 g/mol. The van der Waals surface area contributed by atoms with Gasteiger partial charge in [0.15, 0.2) is 22.7 Å². The van der Waals surface area contributed by atoms with Crippen LogP contribution >= 0.6 is 0 Å². The summed E-state index contributed by atoms with van der Waals surface area (Å²) < 4.78 is 18.1. The van der Waals surface area contributed by atoms with Crippen molar-refractivity contribution in [1.29, 1.82) is 0 Å². The van der Waals surface area contributed by atoms with Gasteiger partial charge in [-0.25, -0.2) is 0 Å². The fraction of sp³-hybridized carbons (Fsp3) is 0.235. The van der Waals surface area contributed by atoms with Crippen molar-refractivity contribution in [2.45, 2.75) is 50.1 Å². The molecular weight excluding hydrogens is 536 g/mol. The summed E-state index contributed by atoms with van der Waals surface area (Å²) in [7, 11) is 0. The number of fused-ring (bicyclic) bond motifs is 2. The maximum Gasteiger partial charge on any atom is 0.193 e. The molecule has 5 aromatic rings. The van der Waals surface area contributed by atoms with E-state index in [4.69, 9.17) is 13.6 Å². The molecule has 1 aliphatic rings. The molecule has 4 atom stereocenters. The molecular formula is C34H30O8. The number of aryl methyl sites for hydroxylation is 4. The second kappa shape index (κ2) is 11.8. The van der Waals surface area contributed by atoms with Gasteiger partial charge in [0.25, 0.3) is 0 Å². The first-order valence-electron chi connectivity index (χ1n) is 13.9. The molecule has 42 heavy (non-hydrogen) atoms. The minimum atomic E-state index is -1.68. The highest BCUT2D eigenvalue weighted by Crippen LogP contribution is 2.39. The molecule has 1 aliphatic carbocycles. The quantitative estimate of drug-likeness (QED) is 0.255. The lowest BCUT2D eigenvalue weighted by Crippen LogP contribution is -2.45. The van der Waals surface area contributed by atoms with Gasteiger partial charge in [-0.1, -0.05) is 60.7 Å². The third-order valence-corrected chi connectivity index (χ3v) is 7.62. The van der Waals surface area contributed by atoms with Gasteiger partial charge in [0.2, 0.25) is 0 Å². The van der Waals surface area contributed by atoms with Crippen LogP contribution in [0.25, 0.3) is 11.0 Å². The Balaban J connectivity index is 1.28. The molecule has 0 saturated carbocycles. The number of aliphatic hydroxyl groups excluding tert-OH is 3. The third-order valence-electron chi connectivity index (χ3n) is 7.62. The molecule has 2 heterocycles. The van der Waals surface area contributed by atoms with Gasteiger partial charge in [-0.2, -0.15) is 0 Å². The van der Waals surface area contributed by atoms with Gasteiger partial charge in [-0.15, -0.1) is 0 Å².